The van der Waals surface area contributed by atoms with Crippen LogP contribution in [0.2, 0.25) is 0 Å². The number of alkyl halides is 1. The van der Waals surface area contributed by atoms with Crippen molar-refractivity contribution in [1.82, 2.24) is 4.90 Å². The molecule has 0 aliphatic heterocycles. The summed E-state index contributed by atoms with van der Waals surface area (Å²) in [7, 11) is 9.68. The van der Waals surface area contributed by atoms with E-state index in [1.54, 1.807) is 14.1 Å². The molecule has 0 atom stereocenters. The van der Waals surface area contributed by atoms with Gasteiger partial charge in [-0.25, -0.2) is 4.79 Å². The highest BCUT2D eigenvalue weighted by Gasteiger charge is 2.17. The molecule has 0 aromatic heterocycles. The SMILES string of the molecule is CN(C)C(=O)Oc1ccc(CBr)cc1C[N+](C)(C)C.[Br-]. The number of rotatable bonds is 4. The van der Waals surface area contributed by atoms with Crippen molar-refractivity contribution in [1.29, 1.82) is 0 Å². The van der Waals surface area contributed by atoms with Crippen LogP contribution < -0.4 is 21.7 Å². The standard InChI is InChI=1S/C14H22BrN2O2.BrH/c1-16(2)14(18)19-13-7-6-11(9-15)8-12(13)10-17(3,4)5;/h6-8H,9-10H2,1-5H3;1H/q+1;/p-1. The summed E-state index contributed by atoms with van der Waals surface area (Å²) in [6, 6.07) is 5.91. The fourth-order valence-corrected chi connectivity index (χ4v) is 1.98. The van der Waals surface area contributed by atoms with Crippen LogP contribution in [0.3, 0.4) is 0 Å². The first kappa shape index (κ1) is 19.4. The van der Waals surface area contributed by atoms with E-state index in [0.29, 0.717) is 5.75 Å². The molecule has 0 N–H and O–H groups in total. The second-order valence-corrected chi connectivity index (χ2v) is 6.35. The summed E-state index contributed by atoms with van der Waals surface area (Å²) in [5, 5.41) is 0.791. The Kier molecular flexibility index (Phi) is 7.76. The van der Waals surface area contributed by atoms with Gasteiger partial charge in [0.25, 0.3) is 0 Å². The number of quaternary nitrogens is 1. The molecule has 0 saturated carbocycles. The van der Waals surface area contributed by atoms with E-state index < -0.39 is 0 Å². The molecule has 0 spiro atoms. The predicted molar refractivity (Wildman–Crippen MR) is 80.5 cm³/mol. The van der Waals surface area contributed by atoms with Crippen LogP contribution in [0.1, 0.15) is 11.1 Å². The van der Waals surface area contributed by atoms with Gasteiger partial charge in [0.15, 0.2) is 0 Å². The van der Waals surface area contributed by atoms with Gasteiger partial charge in [-0.15, -0.1) is 0 Å². The summed E-state index contributed by atoms with van der Waals surface area (Å²) in [6.07, 6.45) is -0.353. The normalized spacial score (nSPS) is 10.7. The minimum atomic E-state index is -0.353. The molecule has 0 heterocycles. The van der Waals surface area contributed by atoms with E-state index in [0.717, 1.165) is 21.9 Å². The van der Waals surface area contributed by atoms with Gasteiger partial charge in [-0.1, -0.05) is 22.0 Å². The van der Waals surface area contributed by atoms with Crippen molar-refractivity contribution in [3.63, 3.8) is 0 Å². The Hall–Kier alpha value is -0.590. The van der Waals surface area contributed by atoms with Gasteiger partial charge in [-0.2, -0.15) is 0 Å². The summed E-state index contributed by atoms with van der Waals surface area (Å²) in [6.45, 7) is 0.802. The van der Waals surface area contributed by atoms with Crippen molar-refractivity contribution < 1.29 is 31.0 Å². The number of halogens is 2. The molecule has 0 radical (unpaired) electrons. The predicted octanol–water partition coefficient (Wildman–Crippen LogP) is -0.148. The Morgan fingerprint density at radius 1 is 1.30 bits per heavy atom. The van der Waals surface area contributed by atoms with Crippen LogP contribution in [-0.2, 0) is 11.9 Å². The number of hydrogen-bond acceptors (Lipinski definition) is 2. The number of nitrogens with zero attached hydrogens (tertiary/aromatic N) is 2. The molecule has 0 fully saturated rings. The van der Waals surface area contributed by atoms with E-state index in [1.165, 1.54) is 10.5 Å². The molecule has 114 valence electrons. The van der Waals surface area contributed by atoms with Gasteiger partial charge in [0, 0.05) is 25.0 Å². The fourth-order valence-electron chi connectivity index (χ4n) is 1.64. The summed E-state index contributed by atoms with van der Waals surface area (Å²) in [4.78, 5) is 13.1. The molecule has 1 rings (SSSR count). The minimum absolute atomic E-state index is 0. The van der Waals surface area contributed by atoms with Crippen molar-refractivity contribution >= 4 is 22.0 Å². The molecule has 0 aliphatic carbocycles. The van der Waals surface area contributed by atoms with Gasteiger partial charge < -0.3 is 31.1 Å². The van der Waals surface area contributed by atoms with Gasteiger partial charge in [0.2, 0.25) is 0 Å². The van der Waals surface area contributed by atoms with Crippen molar-refractivity contribution in [3.8, 4) is 5.75 Å². The summed E-state index contributed by atoms with van der Waals surface area (Å²) in [5.41, 5.74) is 2.22. The lowest BCUT2D eigenvalue weighted by Gasteiger charge is -2.25. The maximum atomic E-state index is 11.7. The second kappa shape index (κ2) is 8.00. The molecule has 0 aliphatic rings. The molecular weight excluding hydrogens is 388 g/mol. The average Bonchev–Trinajstić information content (AvgIpc) is 2.29. The number of amides is 1. The van der Waals surface area contributed by atoms with Gasteiger partial charge in [-0.05, 0) is 17.7 Å². The molecule has 1 amide bonds. The zero-order valence-corrected chi connectivity index (χ0v) is 15.8. The Bertz CT molecular complexity index is 457. The highest BCUT2D eigenvalue weighted by molar-refractivity contribution is 9.08. The lowest BCUT2D eigenvalue weighted by Crippen LogP contribution is -3.00. The van der Waals surface area contributed by atoms with Gasteiger partial charge in [0.1, 0.15) is 12.3 Å². The first-order chi connectivity index (χ1) is 8.73. The lowest BCUT2D eigenvalue weighted by molar-refractivity contribution is -0.884. The Morgan fingerprint density at radius 2 is 1.90 bits per heavy atom. The van der Waals surface area contributed by atoms with Gasteiger partial charge in [-0.3, -0.25) is 0 Å². The fraction of sp³-hybridized carbons (Fsp3) is 0.500. The van der Waals surface area contributed by atoms with Crippen LogP contribution >= 0.6 is 15.9 Å². The summed E-state index contributed by atoms with van der Waals surface area (Å²) >= 11 is 3.45. The van der Waals surface area contributed by atoms with Crippen molar-refractivity contribution in [2.75, 3.05) is 35.2 Å². The molecule has 1 aromatic rings. The number of carbonyl (C=O) groups is 1. The maximum Gasteiger partial charge on any atom is 0.414 e. The van der Waals surface area contributed by atoms with Crippen molar-refractivity contribution in [3.05, 3.63) is 29.3 Å². The van der Waals surface area contributed by atoms with E-state index in [2.05, 4.69) is 43.1 Å². The summed E-state index contributed by atoms with van der Waals surface area (Å²) < 4.78 is 6.19. The third-order valence-electron chi connectivity index (χ3n) is 2.49. The quantitative estimate of drug-likeness (QED) is 0.511. The number of carbonyl (C=O) groups excluding carboxylic acids is 1. The van der Waals surface area contributed by atoms with E-state index in [1.807, 2.05) is 12.1 Å². The van der Waals surface area contributed by atoms with Crippen LogP contribution in [0.15, 0.2) is 18.2 Å². The van der Waals surface area contributed by atoms with Crippen molar-refractivity contribution in [2.24, 2.45) is 0 Å². The maximum absolute atomic E-state index is 11.7. The largest absolute Gasteiger partial charge is 1.00 e. The summed E-state index contributed by atoms with van der Waals surface area (Å²) in [5.74, 6) is 0.636. The first-order valence-electron chi connectivity index (χ1n) is 6.10. The minimum Gasteiger partial charge on any atom is -1.00 e. The molecular formula is C14H22Br2N2O2. The number of ether oxygens (including phenoxy) is 1. The molecule has 20 heavy (non-hydrogen) atoms. The molecule has 0 saturated heterocycles. The molecule has 0 unspecified atom stereocenters. The van der Waals surface area contributed by atoms with E-state index >= 15 is 0 Å². The van der Waals surface area contributed by atoms with Gasteiger partial charge in [0.05, 0.1) is 21.1 Å². The Balaban J connectivity index is 0.00000361. The van der Waals surface area contributed by atoms with Crippen LogP contribution in [0.5, 0.6) is 5.75 Å². The first-order valence-corrected chi connectivity index (χ1v) is 7.22. The zero-order valence-electron chi connectivity index (χ0n) is 12.6. The molecule has 1 aromatic carbocycles. The van der Waals surface area contributed by atoms with Crippen LogP contribution in [0.4, 0.5) is 4.79 Å². The Morgan fingerprint density at radius 3 is 2.35 bits per heavy atom. The average molecular weight is 410 g/mol. The van der Waals surface area contributed by atoms with E-state index in [4.69, 9.17) is 4.74 Å². The zero-order chi connectivity index (χ0) is 14.6. The second-order valence-electron chi connectivity index (χ2n) is 5.79. The topological polar surface area (TPSA) is 29.5 Å². The third kappa shape index (κ3) is 6.24. The van der Waals surface area contributed by atoms with Crippen LogP contribution in [-0.4, -0.2) is 50.7 Å². The number of hydrogen-bond donors (Lipinski definition) is 0. The third-order valence-corrected chi connectivity index (χ3v) is 3.13. The molecule has 0 bridgehead atoms. The van der Waals surface area contributed by atoms with Crippen molar-refractivity contribution in [2.45, 2.75) is 11.9 Å². The monoisotopic (exact) mass is 408 g/mol. The van der Waals surface area contributed by atoms with Crippen LogP contribution in [0.25, 0.3) is 0 Å². The number of benzene rings is 1. The highest BCUT2D eigenvalue weighted by Crippen LogP contribution is 2.24. The Labute approximate surface area is 140 Å². The van der Waals surface area contributed by atoms with E-state index in [9.17, 15) is 4.79 Å². The lowest BCUT2D eigenvalue weighted by atomic mass is 10.1. The molecule has 6 heteroatoms. The smallest absolute Gasteiger partial charge is 0.414 e. The van der Waals surface area contributed by atoms with Crippen LogP contribution in [0, 0.1) is 0 Å². The highest BCUT2D eigenvalue weighted by atomic mass is 79.9. The van der Waals surface area contributed by atoms with E-state index in [-0.39, 0.29) is 23.1 Å². The molecule has 4 nitrogen and oxygen atoms in total. The van der Waals surface area contributed by atoms with Gasteiger partial charge >= 0.3 is 6.09 Å².